The summed E-state index contributed by atoms with van der Waals surface area (Å²) >= 11 is 0. The Morgan fingerprint density at radius 1 is 1.18 bits per heavy atom. The minimum Gasteiger partial charge on any atom is -0.384 e. The number of nitrogens with zero attached hydrogens (tertiary/aromatic N) is 2. The van der Waals surface area contributed by atoms with Crippen LogP contribution >= 0.6 is 0 Å². The van der Waals surface area contributed by atoms with Crippen LogP contribution in [0.5, 0.6) is 0 Å². The van der Waals surface area contributed by atoms with Gasteiger partial charge in [-0.1, -0.05) is 31.4 Å². The number of aromatic nitrogens is 2. The molecule has 0 radical (unpaired) electrons. The fraction of sp³-hybridized carbons (Fsp3) is 0.526. The van der Waals surface area contributed by atoms with Crippen molar-refractivity contribution in [2.75, 3.05) is 11.9 Å². The number of nitrogens with one attached hydrogen (secondary N) is 1. The van der Waals surface area contributed by atoms with E-state index in [4.69, 9.17) is 0 Å². The Kier molecular flexibility index (Phi) is 3.88. The predicted octanol–water partition coefficient (Wildman–Crippen LogP) is 4.53. The summed E-state index contributed by atoms with van der Waals surface area (Å²) in [5.74, 6) is 1.44. The molecule has 3 heteroatoms. The molecule has 1 aromatic carbocycles. The third kappa shape index (κ3) is 2.77. The highest BCUT2D eigenvalue weighted by Crippen LogP contribution is 2.39. The van der Waals surface area contributed by atoms with E-state index in [9.17, 15) is 0 Å². The van der Waals surface area contributed by atoms with Crippen LogP contribution in [-0.2, 0) is 6.54 Å². The zero-order valence-corrected chi connectivity index (χ0v) is 13.2. The van der Waals surface area contributed by atoms with E-state index in [1.54, 1.807) is 11.1 Å². The number of rotatable bonds is 4. The number of benzene rings is 1. The second-order valence-corrected chi connectivity index (χ2v) is 6.85. The van der Waals surface area contributed by atoms with Crippen LogP contribution in [0.4, 0.5) is 5.69 Å². The first-order valence-corrected chi connectivity index (χ1v) is 8.73. The highest BCUT2D eigenvalue weighted by atomic mass is 15.0. The maximum absolute atomic E-state index is 4.13. The van der Waals surface area contributed by atoms with Crippen molar-refractivity contribution in [3.05, 3.63) is 48.0 Å². The highest BCUT2D eigenvalue weighted by molar-refractivity contribution is 5.59. The van der Waals surface area contributed by atoms with Crippen LogP contribution < -0.4 is 5.32 Å². The first-order valence-electron chi connectivity index (χ1n) is 8.73. The lowest BCUT2D eigenvalue weighted by molar-refractivity contribution is 0.443. The minimum atomic E-state index is 0.640. The maximum atomic E-state index is 4.13. The van der Waals surface area contributed by atoms with E-state index in [-0.39, 0.29) is 0 Å². The van der Waals surface area contributed by atoms with Gasteiger partial charge in [0.2, 0.25) is 0 Å². The highest BCUT2D eigenvalue weighted by Gasteiger charge is 2.24. The molecular weight excluding hydrogens is 270 g/mol. The van der Waals surface area contributed by atoms with Gasteiger partial charge in [-0.3, -0.25) is 0 Å². The van der Waals surface area contributed by atoms with Gasteiger partial charge >= 0.3 is 0 Å². The monoisotopic (exact) mass is 295 g/mol. The lowest BCUT2D eigenvalue weighted by Crippen LogP contribution is -2.07. The molecule has 1 unspecified atom stereocenters. The number of hydrogen-bond donors (Lipinski definition) is 1. The Morgan fingerprint density at radius 2 is 2.09 bits per heavy atom. The Hall–Kier alpha value is -1.77. The van der Waals surface area contributed by atoms with Crippen molar-refractivity contribution in [3.63, 3.8) is 0 Å². The SMILES string of the molecule is c1cn(CCC2CNc3ccc(C4CCCCC4)cc32)cn1. The minimum absolute atomic E-state index is 0.640. The van der Waals surface area contributed by atoms with Crippen molar-refractivity contribution >= 4 is 5.69 Å². The molecule has 116 valence electrons. The number of imidazole rings is 1. The third-order valence-corrected chi connectivity index (χ3v) is 5.43. The molecule has 0 bridgehead atoms. The lowest BCUT2D eigenvalue weighted by Gasteiger charge is -2.23. The summed E-state index contributed by atoms with van der Waals surface area (Å²) in [6, 6.07) is 7.18. The first kappa shape index (κ1) is 13.9. The Morgan fingerprint density at radius 3 is 2.91 bits per heavy atom. The van der Waals surface area contributed by atoms with Crippen LogP contribution in [0.1, 0.15) is 61.5 Å². The van der Waals surface area contributed by atoms with Crippen LogP contribution in [0.2, 0.25) is 0 Å². The predicted molar refractivity (Wildman–Crippen MR) is 90.3 cm³/mol. The summed E-state index contributed by atoms with van der Waals surface area (Å²) in [5, 5.41) is 3.59. The largest absolute Gasteiger partial charge is 0.384 e. The molecule has 1 aliphatic carbocycles. The van der Waals surface area contributed by atoms with Gasteiger partial charge in [0.1, 0.15) is 0 Å². The van der Waals surface area contributed by atoms with Gasteiger partial charge in [0, 0.05) is 37.1 Å². The second-order valence-electron chi connectivity index (χ2n) is 6.85. The topological polar surface area (TPSA) is 29.9 Å². The average molecular weight is 295 g/mol. The van der Waals surface area contributed by atoms with Crippen LogP contribution in [0, 0.1) is 0 Å². The number of fused-ring (bicyclic) bond motifs is 1. The summed E-state index contributed by atoms with van der Waals surface area (Å²) in [5.41, 5.74) is 4.48. The molecule has 3 nitrogen and oxygen atoms in total. The lowest BCUT2D eigenvalue weighted by atomic mass is 9.82. The molecule has 1 N–H and O–H groups in total. The van der Waals surface area contributed by atoms with Crippen molar-refractivity contribution in [3.8, 4) is 0 Å². The van der Waals surface area contributed by atoms with E-state index in [0.29, 0.717) is 5.92 Å². The van der Waals surface area contributed by atoms with Crippen molar-refractivity contribution in [1.29, 1.82) is 0 Å². The van der Waals surface area contributed by atoms with E-state index in [1.165, 1.54) is 44.2 Å². The number of anilines is 1. The molecule has 0 saturated heterocycles. The van der Waals surface area contributed by atoms with Crippen LogP contribution in [-0.4, -0.2) is 16.1 Å². The van der Waals surface area contributed by atoms with Gasteiger partial charge in [0.25, 0.3) is 0 Å². The molecule has 1 aromatic heterocycles. The standard InChI is InChI=1S/C19H25N3/c1-2-4-15(5-3-1)16-6-7-19-18(12-16)17(13-21-19)8-10-22-11-9-20-14-22/h6-7,9,11-12,14-15,17,21H,1-5,8,10,13H2. The van der Waals surface area contributed by atoms with E-state index < -0.39 is 0 Å². The summed E-state index contributed by atoms with van der Waals surface area (Å²) in [7, 11) is 0. The first-order chi connectivity index (χ1) is 10.9. The molecule has 22 heavy (non-hydrogen) atoms. The van der Waals surface area contributed by atoms with Crippen LogP contribution in [0.3, 0.4) is 0 Å². The Labute approximate surface area is 132 Å². The van der Waals surface area contributed by atoms with Crippen LogP contribution in [0.25, 0.3) is 0 Å². The molecule has 0 spiro atoms. The van der Waals surface area contributed by atoms with E-state index in [0.717, 1.165) is 19.0 Å². The summed E-state index contributed by atoms with van der Waals surface area (Å²) in [4.78, 5) is 4.13. The molecule has 2 aliphatic rings. The number of aryl methyl sites for hydroxylation is 1. The van der Waals surface area contributed by atoms with Gasteiger partial charge in [0.15, 0.2) is 0 Å². The molecule has 2 heterocycles. The third-order valence-electron chi connectivity index (χ3n) is 5.43. The molecule has 1 atom stereocenters. The van der Waals surface area contributed by atoms with Gasteiger partial charge in [-0.25, -0.2) is 4.98 Å². The normalized spacial score (nSPS) is 21.5. The molecule has 1 saturated carbocycles. The van der Waals surface area contributed by atoms with Crippen molar-refractivity contribution < 1.29 is 0 Å². The van der Waals surface area contributed by atoms with Gasteiger partial charge in [-0.2, -0.15) is 0 Å². The van der Waals surface area contributed by atoms with Gasteiger partial charge in [-0.05, 0) is 42.4 Å². The van der Waals surface area contributed by atoms with E-state index in [2.05, 4.69) is 39.3 Å². The Balaban J connectivity index is 1.49. The van der Waals surface area contributed by atoms with Crippen molar-refractivity contribution in [1.82, 2.24) is 9.55 Å². The quantitative estimate of drug-likeness (QED) is 0.898. The average Bonchev–Trinajstić information content (AvgIpc) is 3.23. The summed E-state index contributed by atoms with van der Waals surface area (Å²) in [6.07, 6.45) is 14.0. The van der Waals surface area contributed by atoms with E-state index in [1.807, 2.05) is 12.5 Å². The fourth-order valence-electron chi connectivity index (χ4n) is 4.09. The zero-order chi connectivity index (χ0) is 14.8. The Bertz CT molecular complexity index is 612. The summed E-state index contributed by atoms with van der Waals surface area (Å²) < 4.78 is 2.18. The molecule has 4 rings (SSSR count). The molecule has 1 aliphatic heterocycles. The van der Waals surface area contributed by atoms with Crippen molar-refractivity contribution in [2.45, 2.75) is 56.9 Å². The molecular formula is C19H25N3. The van der Waals surface area contributed by atoms with Gasteiger partial charge in [-0.15, -0.1) is 0 Å². The molecule has 1 fully saturated rings. The summed E-state index contributed by atoms with van der Waals surface area (Å²) in [6.45, 7) is 2.14. The van der Waals surface area contributed by atoms with Crippen molar-refractivity contribution in [2.24, 2.45) is 0 Å². The zero-order valence-electron chi connectivity index (χ0n) is 13.2. The fourth-order valence-corrected chi connectivity index (χ4v) is 4.09. The van der Waals surface area contributed by atoms with Gasteiger partial charge in [0.05, 0.1) is 6.33 Å². The number of hydrogen-bond acceptors (Lipinski definition) is 2. The smallest absolute Gasteiger partial charge is 0.0945 e. The second kappa shape index (κ2) is 6.15. The van der Waals surface area contributed by atoms with E-state index >= 15 is 0 Å². The van der Waals surface area contributed by atoms with Crippen LogP contribution in [0.15, 0.2) is 36.9 Å². The maximum Gasteiger partial charge on any atom is 0.0945 e. The van der Waals surface area contributed by atoms with Gasteiger partial charge < -0.3 is 9.88 Å². The molecule has 0 amide bonds. The molecule has 2 aromatic rings.